The molecule has 0 radical (unpaired) electrons. The SMILES string of the molecule is Cc1cc(F)c(Cl)cc1-c1cc(N)n(C)n1. The number of hydrogen-bond acceptors (Lipinski definition) is 2. The van der Waals surface area contributed by atoms with Crippen LogP contribution < -0.4 is 5.73 Å². The summed E-state index contributed by atoms with van der Waals surface area (Å²) in [5, 5.41) is 4.31. The third kappa shape index (κ3) is 1.76. The third-order valence-electron chi connectivity index (χ3n) is 2.46. The summed E-state index contributed by atoms with van der Waals surface area (Å²) in [5.41, 5.74) is 7.95. The maximum Gasteiger partial charge on any atom is 0.142 e. The van der Waals surface area contributed by atoms with Gasteiger partial charge in [0.2, 0.25) is 0 Å². The number of rotatable bonds is 1. The monoisotopic (exact) mass is 239 g/mol. The van der Waals surface area contributed by atoms with Crippen LogP contribution in [0, 0.1) is 12.7 Å². The smallest absolute Gasteiger partial charge is 0.142 e. The van der Waals surface area contributed by atoms with Gasteiger partial charge >= 0.3 is 0 Å². The van der Waals surface area contributed by atoms with Gasteiger partial charge in [0.1, 0.15) is 11.6 Å². The molecule has 2 N–H and O–H groups in total. The van der Waals surface area contributed by atoms with E-state index in [9.17, 15) is 4.39 Å². The lowest BCUT2D eigenvalue weighted by atomic mass is 10.1. The van der Waals surface area contributed by atoms with Crippen molar-refractivity contribution in [2.75, 3.05) is 5.73 Å². The third-order valence-corrected chi connectivity index (χ3v) is 2.75. The summed E-state index contributed by atoms with van der Waals surface area (Å²) in [4.78, 5) is 0. The molecule has 0 aliphatic rings. The van der Waals surface area contributed by atoms with Gasteiger partial charge in [-0.2, -0.15) is 5.10 Å². The Hall–Kier alpha value is -1.55. The fourth-order valence-corrected chi connectivity index (χ4v) is 1.70. The molecule has 0 spiro atoms. The van der Waals surface area contributed by atoms with E-state index in [4.69, 9.17) is 17.3 Å². The standard InChI is InChI=1S/C11H11ClFN3/c1-6-3-9(13)8(12)4-7(6)10-5-11(14)16(2)15-10/h3-5H,14H2,1-2H3. The number of hydrogen-bond donors (Lipinski definition) is 1. The van der Waals surface area contributed by atoms with Crippen LogP contribution in [0.3, 0.4) is 0 Å². The molecule has 0 atom stereocenters. The van der Waals surface area contributed by atoms with E-state index in [0.29, 0.717) is 11.5 Å². The van der Waals surface area contributed by atoms with Gasteiger partial charge in [0.05, 0.1) is 10.7 Å². The number of halogens is 2. The topological polar surface area (TPSA) is 43.8 Å². The summed E-state index contributed by atoms with van der Waals surface area (Å²) >= 11 is 5.74. The van der Waals surface area contributed by atoms with Gasteiger partial charge in [-0.25, -0.2) is 4.39 Å². The van der Waals surface area contributed by atoms with Crippen LogP contribution in [0.1, 0.15) is 5.56 Å². The number of aryl methyl sites for hydroxylation is 2. The largest absolute Gasteiger partial charge is 0.384 e. The Balaban J connectivity index is 2.60. The van der Waals surface area contributed by atoms with Gasteiger partial charge in [-0.15, -0.1) is 0 Å². The number of aromatic nitrogens is 2. The number of nitrogens with zero attached hydrogens (tertiary/aromatic N) is 2. The van der Waals surface area contributed by atoms with Crippen molar-refractivity contribution >= 4 is 17.4 Å². The van der Waals surface area contributed by atoms with Crippen molar-refractivity contribution < 1.29 is 4.39 Å². The van der Waals surface area contributed by atoms with Crippen molar-refractivity contribution in [3.8, 4) is 11.3 Å². The first-order valence-corrected chi connectivity index (χ1v) is 5.12. The number of benzene rings is 1. The van der Waals surface area contributed by atoms with Crippen LogP contribution >= 0.6 is 11.6 Å². The first-order valence-electron chi connectivity index (χ1n) is 4.74. The summed E-state index contributed by atoms with van der Waals surface area (Å²) < 4.78 is 14.7. The maximum absolute atomic E-state index is 13.2. The molecule has 84 valence electrons. The van der Waals surface area contributed by atoms with Gasteiger partial charge in [-0.3, -0.25) is 4.68 Å². The quantitative estimate of drug-likeness (QED) is 0.832. The van der Waals surface area contributed by atoms with Crippen LogP contribution in [0.5, 0.6) is 0 Å². The lowest BCUT2D eigenvalue weighted by Crippen LogP contribution is -1.96. The minimum Gasteiger partial charge on any atom is -0.384 e. The molecule has 2 rings (SSSR count). The van der Waals surface area contributed by atoms with E-state index in [-0.39, 0.29) is 5.02 Å². The van der Waals surface area contributed by atoms with E-state index >= 15 is 0 Å². The number of nitrogens with two attached hydrogens (primary N) is 1. The van der Waals surface area contributed by atoms with Crippen LogP contribution in [0.2, 0.25) is 5.02 Å². The predicted octanol–water partition coefficient (Wildman–Crippen LogP) is 2.77. The zero-order valence-corrected chi connectivity index (χ0v) is 9.72. The second kappa shape index (κ2) is 3.79. The predicted molar refractivity (Wildman–Crippen MR) is 62.8 cm³/mol. The zero-order chi connectivity index (χ0) is 11.9. The molecular weight excluding hydrogens is 229 g/mol. The normalized spacial score (nSPS) is 10.8. The van der Waals surface area contributed by atoms with Gasteiger partial charge in [0, 0.05) is 18.7 Å². The lowest BCUT2D eigenvalue weighted by Gasteiger charge is -2.04. The molecule has 0 saturated heterocycles. The molecule has 0 amide bonds. The Morgan fingerprint density at radius 1 is 1.38 bits per heavy atom. The highest BCUT2D eigenvalue weighted by molar-refractivity contribution is 6.31. The molecule has 0 saturated carbocycles. The van der Waals surface area contributed by atoms with Crippen LogP contribution in [0.4, 0.5) is 10.2 Å². The van der Waals surface area contributed by atoms with E-state index in [0.717, 1.165) is 11.1 Å². The van der Waals surface area contributed by atoms with E-state index in [1.54, 1.807) is 30.8 Å². The van der Waals surface area contributed by atoms with Crippen molar-refractivity contribution in [3.05, 3.63) is 34.6 Å². The average Bonchev–Trinajstić information content (AvgIpc) is 2.53. The second-order valence-corrected chi connectivity index (χ2v) is 4.07. The summed E-state index contributed by atoms with van der Waals surface area (Å²) in [6, 6.07) is 4.69. The minimum atomic E-state index is -0.424. The Morgan fingerprint density at radius 3 is 2.62 bits per heavy atom. The van der Waals surface area contributed by atoms with E-state index in [1.807, 2.05) is 0 Å². The van der Waals surface area contributed by atoms with Gasteiger partial charge in [-0.1, -0.05) is 11.6 Å². The highest BCUT2D eigenvalue weighted by atomic mass is 35.5. The average molecular weight is 240 g/mol. The number of anilines is 1. The molecular formula is C11H11ClFN3. The molecule has 5 heteroatoms. The van der Waals surface area contributed by atoms with Crippen LogP contribution in [0.25, 0.3) is 11.3 Å². The lowest BCUT2D eigenvalue weighted by molar-refractivity contribution is 0.627. The first kappa shape index (κ1) is 11.0. The highest BCUT2D eigenvalue weighted by Crippen LogP contribution is 2.28. The van der Waals surface area contributed by atoms with Crippen molar-refractivity contribution in [1.82, 2.24) is 9.78 Å². The van der Waals surface area contributed by atoms with Crippen LogP contribution in [-0.2, 0) is 7.05 Å². The van der Waals surface area contributed by atoms with Crippen molar-refractivity contribution in [2.24, 2.45) is 7.05 Å². The molecule has 2 aromatic rings. The molecule has 0 aliphatic heterocycles. The minimum absolute atomic E-state index is 0.0878. The molecule has 1 aromatic heterocycles. The first-order chi connectivity index (χ1) is 7.49. The van der Waals surface area contributed by atoms with Gasteiger partial charge in [0.15, 0.2) is 0 Å². The fraction of sp³-hybridized carbons (Fsp3) is 0.182. The van der Waals surface area contributed by atoms with Gasteiger partial charge in [-0.05, 0) is 24.6 Å². The Bertz CT molecular complexity index is 529. The molecule has 1 aromatic carbocycles. The van der Waals surface area contributed by atoms with Crippen LogP contribution in [-0.4, -0.2) is 9.78 Å². The van der Waals surface area contributed by atoms with E-state index in [1.165, 1.54) is 6.07 Å². The highest BCUT2D eigenvalue weighted by Gasteiger charge is 2.11. The van der Waals surface area contributed by atoms with Crippen molar-refractivity contribution in [1.29, 1.82) is 0 Å². The molecule has 0 aliphatic carbocycles. The summed E-state index contributed by atoms with van der Waals surface area (Å²) in [5.74, 6) is 0.127. The molecule has 3 nitrogen and oxygen atoms in total. The zero-order valence-electron chi connectivity index (χ0n) is 8.96. The molecule has 0 fully saturated rings. The Labute approximate surface area is 97.6 Å². The van der Waals surface area contributed by atoms with Gasteiger partial charge < -0.3 is 5.73 Å². The molecule has 0 bridgehead atoms. The molecule has 0 unspecified atom stereocenters. The summed E-state index contributed by atoms with van der Waals surface area (Å²) in [6.45, 7) is 1.81. The fourth-order valence-electron chi connectivity index (χ4n) is 1.54. The van der Waals surface area contributed by atoms with Crippen molar-refractivity contribution in [3.63, 3.8) is 0 Å². The Morgan fingerprint density at radius 2 is 2.06 bits per heavy atom. The van der Waals surface area contributed by atoms with E-state index < -0.39 is 5.82 Å². The second-order valence-electron chi connectivity index (χ2n) is 3.66. The maximum atomic E-state index is 13.2. The van der Waals surface area contributed by atoms with Crippen molar-refractivity contribution in [2.45, 2.75) is 6.92 Å². The van der Waals surface area contributed by atoms with Gasteiger partial charge in [0.25, 0.3) is 0 Å². The van der Waals surface area contributed by atoms with Crippen LogP contribution in [0.15, 0.2) is 18.2 Å². The molecule has 16 heavy (non-hydrogen) atoms. The Kier molecular flexibility index (Phi) is 2.59. The summed E-state index contributed by atoms with van der Waals surface area (Å²) in [6.07, 6.45) is 0. The van der Waals surface area contributed by atoms with E-state index in [2.05, 4.69) is 5.10 Å². The number of nitrogen functional groups attached to an aromatic ring is 1. The molecule has 1 heterocycles. The summed E-state index contributed by atoms with van der Waals surface area (Å²) in [7, 11) is 1.75.